The fourth-order valence-corrected chi connectivity index (χ4v) is 1.44. The van der Waals surface area contributed by atoms with Gasteiger partial charge in [0.1, 0.15) is 12.4 Å². The number of nitrogens with zero attached hydrogens (tertiary/aromatic N) is 1. The second kappa shape index (κ2) is 6.63. The number of hydrogen-bond acceptors (Lipinski definition) is 5. The van der Waals surface area contributed by atoms with E-state index in [9.17, 15) is 19.7 Å². The van der Waals surface area contributed by atoms with Crippen molar-refractivity contribution in [3.63, 3.8) is 0 Å². The van der Waals surface area contributed by atoms with Gasteiger partial charge in [-0.1, -0.05) is 13.8 Å². The van der Waals surface area contributed by atoms with Crippen LogP contribution in [0.3, 0.4) is 0 Å². The van der Waals surface area contributed by atoms with Gasteiger partial charge < -0.3 is 4.74 Å². The van der Waals surface area contributed by atoms with E-state index in [1.54, 1.807) is 13.8 Å². The number of carbonyl (C=O) groups excluding carboxylic acids is 2. The van der Waals surface area contributed by atoms with Crippen molar-refractivity contribution in [3.05, 3.63) is 39.9 Å². The van der Waals surface area contributed by atoms with Crippen molar-refractivity contribution in [3.8, 4) is 0 Å². The molecule has 1 rings (SSSR count). The van der Waals surface area contributed by atoms with Gasteiger partial charge in [-0.25, -0.2) is 4.79 Å². The summed E-state index contributed by atoms with van der Waals surface area (Å²) in [7, 11) is 0. The first-order valence-corrected chi connectivity index (χ1v) is 5.90. The first-order valence-electron chi connectivity index (χ1n) is 5.90. The Balaban J connectivity index is 2.59. The van der Waals surface area contributed by atoms with Crippen molar-refractivity contribution in [1.82, 2.24) is 0 Å². The summed E-state index contributed by atoms with van der Waals surface area (Å²) >= 11 is 0. The van der Waals surface area contributed by atoms with Crippen molar-refractivity contribution in [2.45, 2.75) is 20.3 Å². The van der Waals surface area contributed by atoms with Gasteiger partial charge in [0.15, 0.2) is 0 Å². The van der Waals surface area contributed by atoms with Gasteiger partial charge in [-0.15, -0.1) is 0 Å². The number of benzene rings is 1. The first-order chi connectivity index (χ1) is 8.95. The van der Waals surface area contributed by atoms with Gasteiger partial charge in [-0.2, -0.15) is 0 Å². The minimum Gasteiger partial charge on any atom is -0.461 e. The van der Waals surface area contributed by atoms with Crippen LogP contribution in [0.2, 0.25) is 0 Å². The number of rotatable bonds is 6. The third-order valence-electron chi connectivity index (χ3n) is 2.68. The van der Waals surface area contributed by atoms with E-state index >= 15 is 0 Å². The predicted molar refractivity (Wildman–Crippen MR) is 67.8 cm³/mol. The summed E-state index contributed by atoms with van der Waals surface area (Å²) in [6.45, 7) is 3.45. The molecule has 0 unspecified atom stereocenters. The molecule has 102 valence electrons. The molecule has 6 heteroatoms. The fourth-order valence-electron chi connectivity index (χ4n) is 1.44. The number of ketones is 1. The van der Waals surface area contributed by atoms with Crippen LogP contribution in [0.25, 0.3) is 0 Å². The van der Waals surface area contributed by atoms with Crippen molar-refractivity contribution in [1.29, 1.82) is 0 Å². The van der Waals surface area contributed by atoms with Crippen LogP contribution in [-0.2, 0) is 9.53 Å². The summed E-state index contributed by atoms with van der Waals surface area (Å²) < 4.78 is 4.98. The number of carbonyl (C=O) groups is 2. The van der Waals surface area contributed by atoms with Gasteiger partial charge in [-0.3, -0.25) is 14.9 Å². The quantitative estimate of drug-likeness (QED) is 0.447. The van der Waals surface area contributed by atoms with E-state index in [-0.39, 0.29) is 29.6 Å². The monoisotopic (exact) mass is 265 g/mol. The zero-order valence-corrected chi connectivity index (χ0v) is 10.8. The molecule has 0 saturated heterocycles. The highest BCUT2D eigenvalue weighted by Gasteiger charge is 2.15. The standard InChI is InChI=1S/C13H15NO5/c1-3-12(15)9(2)8-19-13(16)10-4-6-11(7-5-10)14(17)18/h4-7,9H,3,8H2,1-2H3/t9-/m1/s1. The molecule has 1 atom stereocenters. The molecule has 1 aromatic rings. The highest BCUT2D eigenvalue weighted by Crippen LogP contribution is 2.13. The fraction of sp³-hybridized carbons (Fsp3) is 0.385. The minimum atomic E-state index is -0.592. The lowest BCUT2D eigenvalue weighted by molar-refractivity contribution is -0.384. The summed E-state index contributed by atoms with van der Waals surface area (Å²) in [4.78, 5) is 32.9. The zero-order valence-electron chi connectivity index (χ0n) is 10.8. The predicted octanol–water partition coefficient (Wildman–Crippen LogP) is 2.37. The average Bonchev–Trinajstić information content (AvgIpc) is 2.43. The van der Waals surface area contributed by atoms with Crippen LogP contribution in [0.15, 0.2) is 24.3 Å². The van der Waals surface area contributed by atoms with Crippen LogP contribution in [0.4, 0.5) is 5.69 Å². The summed E-state index contributed by atoms with van der Waals surface area (Å²) in [5.41, 5.74) is 0.132. The molecule has 0 aliphatic rings. The molecule has 0 spiro atoms. The normalized spacial score (nSPS) is 11.7. The second-order valence-corrected chi connectivity index (χ2v) is 4.12. The Labute approximate surface area is 110 Å². The SMILES string of the molecule is CCC(=O)[C@H](C)COC(=O)c1ccc([N+](=O)[O-])cc1. The molecule has 0 radical (unpaired) electrons. The number of ether oxygens (including phenoxy) is 1. The van der Waals surface area contributed by atoms with Gasteiger partial charge >= 0.3 is 5.97 Å². The maximum atomic E-state index is 11.6. The maximum Gasteiger partial charge on any atom is 0.338 e. The van der Waals surface area contributed by atoms with Crippen LogP contribution in [0.5, 0.6) is 0 Å². The van der Waals surface area contributed by atoms with Crippen molar-refractivity contribution < 1.29 is 19.2 Å². The second-order valence-electron chi connectivity index (χ2n) is 4.12. The van der Waals surface area contributed by atoms with Gasteiger partial charge in [0.05, 0.1) is 10.5 Å². The van der Waals surface area contributed by atoms with Crippen LogP contribution in [0.1, 0.15) is 30.6 Å². The molecule has 19 heavy (non-hydrogen) atoms. The largest absolute Gasteiger partial charge is 0.461 e. The lowest BCUT2D eigenvalue weighted by Crippen LogP contribution is -2.18. The number of non-ortho nitro benzene ring substituents is 1. The Kier molecular flexibility index (Phi) is 5.17. The zero-order chi connectivity index (χ0) is 14.4. The van der Waals surface area contributed by atoms with Gasteiger partial charge in [0, 0.05) is 24.5 Å². The summed E-state index contributed by atoms with van der Waals surface area (Å²) in [6, 6.07) is 5.12. The van der Waals surface area contributed by atoms with E-state index in [2.05, 4.69) is 0 Å². The highest BCUT2D eigenvalue weighted by atomic mass is 16.6. The molecule has 0 aliphatic heterocycles. The summed E-state index contributed by atoms with van der Waals surface area (Å²) in [5.74, 6) is -0.908. The van der Waals surface area contributed by atoms with E-state index in [1.165, 1.54) is 24.3 Å². The van der Waals surface area contributed by atoms with Crippen LogP contribution < -0.4 is 0 Å². The third-order valence-corrected chi connectivity index (χ3v) is 2.68. The smallest absolute Gasteiger partial charge is 0.338 e. The Bertz CT molecular complexity index is 480. The molecule has 0 aliphatic carbocycles. The highest BCUT2D eigenvalue weighted by molar-refractivity contribution is 5.90. The topological polar surface area (TPSA) is 86.5 Å². The Morgan fingerprint density at radius 2 is 1.89 bits per heavy atom. The number of Topliss-reactive ketones (excluding diaryl/α,β-unsaturated/α-hetero) is 1. The molecule has 0 bridgehead atoms. The average molecular weight is 265 g/mol. The van der Waals surface area contributed by atoms with Gasteiger partial charge in [0.25, 0.3) is 5.69 Å². The van der Waals surface area contributed by atoms with Crippen molar-refractivity contribution in [2.24, 2.45) is 5.92 Å². The maximum absolute atomic E-state index is 11.6. The summed E-state index contributed by atoms with van der Waals surface area (Å²) in [5, 5.41) is 10.5. The van der Waals surface area contributed by atoms with Crippen LogP contribution >= 0.6 is 0 Å². The van der Waals surface area contributed by atoms with E-state index in [0.29, 0.717) is 6.42 Å². The van der Waals surface area contributed by atoms with Crippen molar-refractivity contribution >= 4 is 17.4 Å². The molecular formula is C13H15NO5. The lowest BCUT2D eigenvalue weighted by Gasteiger charge is -2.09. The molecule has 1 aromatic carbocycles. The lowest BCUT2D eigenvalue weighted by atomic mass is 10.1. The minimum absolute atomic E-state index is 0.0164. The van der Waals surface area contributed by atoms with Gasteiger partial charge in [0.2, 0.25) is 0 Å². The molecular weight excluding hydrogens is 250 g/mol. The molecule has 0 N–H and O–H groups in total. The summed E-state index contributed by atoms with van der Waals surface area (Å²) in [6.07, 6.45) is 0.399. The van der Waals surface area contributed by atoms with Crippen LogP contribution in [-0.4, -0.2) is 23.3 Å². The molecule has 6 nitrogen and oxygen atoms in total. The van der Waals surface area contributed by atoms with E-state index in [0.717, 1.165) is 0 Å². The Morgan fingerprint density at radius 3 is 2.37 bits per heavy atom. The van der Waals surface area contributed by atoms with Crippen molar-refractivity contribution in [2.75, 3.05) is 6.61 Å². The molecule has 0 saturated carbocycles. The first kappa shape index (κ1) is 14.8. The van der Waals surface area contributed by atoms with E-state index in [4.69, 9.17) is 4.74 Å². The number of nitro benzene ring substituents is 1. The number of esters is 1. The van der Waals surface area contributed by atoms with Crippen LogP contribution in [0, 0.1) is 16.0 Å². The molecule has 0 heterocycles. The van der Waals surface area contributed by atoms with Gasteiger partial charge in [-0.05, 0) is 12.1 Å². The number of hydrogen-bond donors (Lipinski definition) is 0. The van der Waals surface area contributed by atoms with E-state index < -0.39 is 10.9 Å². The third kappa shape index (κ3) is 4.17. The molecule has 0 fully saturated rings. The Hall–Kier alpha value is -2.24. The molecule has 0 aromatic heterocycles. The Morgan fingerprint density at radius 1 is 1.32 bits per heavy atom. The molecule has 0 amide bonds. The number of nitro groups is 1. The van der Waals surface area contributed by atoms with E-state index in [1.807, 2.05) is 0 Å².